The molecule has 2 N–H and O–H groups in total. The van der Waals surface area contributed by atoms with Crippen LogP contribution >= 0.6 is 0 Å². The van der Waals surface area contributed by atoms with Gasteiger partial charge in [-0.15, -0.1) is 0 Å². The normalized spacial score (nSPS) is 21.2. The van der Waals surface area contributed by atoms with E-state index in [0.717, 1.165) is 25.9 Å². The van der Waals surface area contributed by atoms with Gasteiger partial charge in [-0.3, -0.25) is 4.90 Å². The van der Waals surface area contributed by atoms with E-state index in [1.54, 1.807) is 12.1 Å². The van der Waals surface area contributed by atoms with Crippen LogP contribution < -0.4 is 0 Å². The molecule has 0 saturated carbocycles. The highest BCUT2D eigenvalue weighted by atomic mass is 16.4. The van der Waals surface area contributed by atoms with E-state index in [0.29, 0.717) is 5.69 Å². The summed E-state index contributed by atoms with van der Waals surface area (Å²) in [6.45, 7) is 5.64. The van der Waals surface area contributed by atoms with Crippen LogP contribution in [0.25, 0.3) is 0 Å². The van der Waals surface area contributed by atoms with Crippen molar-refractivity contribution in [3.05, 3.63) is 24.0 Å². The number of nitrogens with zero attached hydrogens (tertiary/aromatic N) is 2. The van der Waals surface area contributed by atoms with E-state index < -0.39 is 5.97 Å². The van der Waals surface area contributed by atoms with Crippen LogP contribution in [-0.2, 0) is 0 Å². The van der Waals surface area contributed by atoms with Crippen molar-refractivity contribution < 1.29 is 15.0 Å². The molecule has 0 aliphatic carbocycles. The zero-order valence-electron chi connectivity index (χ0n) is 11.5. The zero-order valence-corrected chi connectivity index (χ0v) is 11.5. The SMILES string of the molecule is CC(O)C(C)N1CCC(n2cccc2C(=O)O)CC1. The smallest absolute Gasteiger partial charge is 0.352 e. The second kappa shape index (κ2) is 5.75. The summed E-state index contributed by atoms with van der Waals surface area (Å²) >= 11 is 0. The molecule has 1 aromatic rings. The lowest BCUT2D eigenvalue weighted by Gasteiger charge is -2.37. The first-order chi connectivity index (χ1) is 9.00. The summed E-state index contributed by atoms with van der Waals surface area (Å²) in [6, 6.07) is 3.84. The van der Waals surface area contributed by atoms with Crippen LogP contribution in [0.5, 0.6) is 0 Å². The van der Waals surface area contributed by atoms with Crippen molar-refractivity contribution in [1.29, 1.82) is 0 Å². The molecular formula is C14H22N2O3. The molecule has 106 valence electrons. The van der Waals surface area contributed by atoms with E-state index in [9.17, 15) is 9.90 Å². The Balaban J connectivity index is 2.00. The molecule has 0 amide bonds. The molecule has 1 saturated heterocycles. The number of aromatic nitrogens is 1. The number of piperidine rings is 1. The molecule has 5 nitrogen and oxygen atoms in total. The predicted octanol–water partition coefficient (Wildman–Crippen LogP) is 1.59. The largest absolute Gasteiger partial charge is 0.477 e. The summed E-state index contributed by atoms with van der Waals surface area (Å²) in [5.74, 6) is -0.871. The Morgan fingerprint density at radius 2 is 2.00 bits per heavy atom. The van der Waals surface area contributed by atoms with Crippen molar-refractivity contribution in [1.82, 2.24) is 9.47 Å². The van der Waals surface area contributed by atoms with E-state index in [4.69, 9.17) is 5.11 Å². The number of carboxylic acid groups (broad SMARTS) is 1. The lowest BCUT2D eigenvalue weighted by atomic mass is 10.0. The van der Waals surface area contributed by atoms with Crippen LogP contribution in [0.3, 0.4) is 0 Å². The second-order valence-electron chi connectivity index (χ2n) is 5.35. The molecule has 1 aliphatic rings. The summed E-state index contributed by atoms with van der Waals surface area (Å²) in [5.41, 5.74) is 0.363. The third-order valence-electron chi connectivity index (χ3n) is 4.16. The Labute approximate surface area is 113 Å². The highest BCUT2D eigenvalue weighted by molar-refractivity contribution is 5.85. The van der Waals surface area contributed by atoms with Crippen molar-refractivity contribution in [2.45, 2.75) is 44.9 Å². The first-order valence-electron chi connectivity index (χ1n) is 6.83. The molecule has 5 heteroatoms. The lowest BCUT2D eigenvalue weighted by molar-refractivity contribution is 0.0485. The summed E-state index contributed by atoms with van der Waals surface area (Å²) in [6.07, 6.45) is 3.36. The molecule has 0 spiro atoms. The summed E-state index contributed by atoms with van der Waals surface area (Å²) in [7, 11) is 0. The van der Waals surface area contributed by atoms with E-state index in [2.05, 4.69) is 4.90 Å². The predicted molar refractivity (Wildman–Crippen MR) is 72.4 cm³/mol. The number of hydrogen-bond acceptors (Lipinski definition) is 3. The van der Waals surface area contributed by atoms with Crippen molar-refractivity contribution in [2.24, 2.45) is 0 Å². The van der Waals surface area contributed by atoms with Crippen LogP contribution in [0.2, 0.25) is 0 Å². The van der Waals surface area contributed by atoms with E-state index in [1.807, 2.05) is 24.6 Å². The van der Waals surface area contributed by atoms with Crippen LogP contribution in [0.4, 0.5) is 0 Å². The van der Waals surface area contributed by atoms with Crippen molar-refractivity contribution >= 4 is 5.97 Å². The number of rotatable bonds is 4. The molecule has 1 fully saturated rings. The first-order valence-corrected chi connectivity index (χ1v) is 6.83. The lowest BCUT2D eigenvalue weighted by Crippen LogP contribution is -2.45. The topological polar surface area (TPSA) is 65.7 Å². The van der Waals surface area contributed by atoms with Crippen molar-refractivity contribution in [2.75, 3.05) is 13.1 Å². The number of aliphatic hydroxyl groups excluding tert-OH is 1. The number of hydrogen-bond donors (Lipinski definition) is 2. The van der Waals surface area contributed by atoms with Gasteiger partial charge in [-0.25, -0.2) is 4.79 Å². The first kappa shape index (κ1) is 14.1. The molecule has 2 rings (SSSR count). The number of carboxylic acids is 1. The van der Waals surface area contributed by atoms with Gasteiger partial charge in [-0.1, -0.05) is 0 Å². The molecule has 19 heavy (non-hydrogen) atoms. The minimum Gasteiger partial charge on any atom is -0.477 e. The van der Waals surface area contributed by atoms with Gasteiger partial charge in [-0.2, -0.15) is 0 Å². The minimum atomic E-state index is -0.871. The molecular weight excluding hydrogens is 244 g/mol. The average Bonchev–Trinajstić information content (AvgIpc) is 2.87. The molecule has 1 aromatic heterocycles. The Morgan fingerprint density at radius 3 is 2.53 bits per heavy atom. The van der Waals surface area contributed by atoms with Crippen LogP contribution in [-0.4, -0.2) is 50.9 Å². The molecule has 2 atom stereocenters. The van der Waals surface area contributed by atoms with Gasteiger partial charge < -0.3 is 14.8 Å². The van der Waals surface area contributed by atoms with Gasteiger partial charge >= 0.3 is 5.97 Å². The second-order valence-corrected chi connectivity index (χ2v) is 5.35. The zero-order chi connectivity index (χ0) is 14.0. The van der Waals surface area contributed by atoms with Gasteiger partial charge in [0.1, 0.15) is 5.69 Å². The van der Waals surface area contributed by atoms with Gasteiger partial charge in [0.25, 0.3) is 0 Å². The Bertz CT molecular complexity index is 434. The minimum absolute atomic E-state index is 0.157. The Kier molecular flexibility index (Phi) is 4.27. The third-order valence-corrected chi connectivity index (χ3v) is 4.16. The fourth-order valence-corrected chi connectivity index (χ4v) is 2.77. The number of carbonyl (C=O) groups is 1. The van der Waals surface area contributed by atoms with Crippen LogP contribution in [0, 0.1) is 0 Å². The van der Waals surface area contributed by atoms with E-state index in [1.165, 1.54) is 0 Å². The Morgan fingerprint density at radius 1 is 1.37 bits per heavy atom. The van der Waals surface area contributed by atoms with Crippen LogP contribution in [0.15, 0.2) is 18.3 Å². The van der Waals surface area contributed by atoms with Gasteiger partial charge in [0.2, 0.25) is 0 Å². The molecule has 1 aliphatic heterocycles. The maximum atomic E-state index is 11.1. The van der Waals surface area contributed by atoms with Crippen molar-refractivity contribution in [3.63, 3.8) is 0 Å². The summed E-state index contributed by atoms with van der Waals surface area (Å²) < 4.78 is 1.87. The van der Waals surface area contributed by atoms with Crippen LogP contribution in [0.1, 0.15) is 43.2 Å². The third kappa shape index (κ3) is 2.98. The number of aromatic carboxylic acids is 1. The van der Waals surface area contributed by atoms with Gasteiger partial charge in [0.15, 0.2) is 0 Å². The highest BCUT2D eigenvalue weighted by Gasteiger charge is 2.27. The summed E-state index contributed by atoms with van der Waals surface area (Å²) in [4.78, 5) is 13.4. The Hall–Kier alpha value is -1.33. The quantitative estimate of drug-likeness (QED) is 0.868. The standard InChI is InChI=1S/C14H22N2O3/c1-10(11(2)17)15-8-5-12(6-9-15)16-7-3-4-13(16)14(18)19/h3-4,7,10-12,17H,5-6,8-9H2,1-2H3,(H,18,19). The fraction of sp³-hybridized carbons (Fsp3) is 0.643. The number of likely N-dealkylation sites (tertiary alicyclic amines) is 1. The fourth-order valence-electron chi connectivity index (χ4n) is 2.77. The van der Waals surface area contributed by atoms with Gasteiger partial charge in [-0.05, 0) is 38.8 Å². The van der Waals surface area contributed by atoms with E-state index in [-0.39, 0.29) is 18.2 Å². The van der Waals surface area contributed by atoms with Gasteiger partial charge in [0.05, 0.1) is 6.10 Å². The molecule has 2 unspecified atom stereocenters. The maximum absolute atomic E-state index is 11.1. The highest BCUT2D eigenvalue weighted by Crippen LogP contribution is 2.26. The van der Waals surface area contributed by atoms with Gasteiger partial charge in [0, 0.05) is 31.4 Å². The van der Waals surface area contributed by atoms with E-state index >= 15 is 0 Å². The molecule has 0 bridgehead atoms. The summed E-state index contributed by atoms with van der Waals surface area (Å²) in [5, 5.41) is 18.7. The number of aliphatic hydroxyl groups is 1. The molecule has 0 radical (unpaired) electrons. The molecule has 0 aromatic carbocycles. The molecule has 2 heterocycles. The monoisotopic (exact) mass is 266 g/mol. The maximum Gasteiger partial charge on any atom is 0.352 e. The average molecular weight is 266 g/mol. The van der Waals surface area contributed by atoms with Crippen molar-refractivity contribution in [3.8, 4) is 0 Å².